The molecule has 2 saturated carbocycles. The largest absolute Gasteiger partial charge is 0.355 e. The van der Waals surface area contributed by atoms with Crippen LogP contribution >= 0.6 is 28.3 Å². The van der Waals surface area contributed by atoms with Crippen molar-refractivity contribution in [3.05, 3.63) is 34.3 Å². The third kappa shape index (κ3) is 4.09. The summed E-state index contributed by atoms with van der Waals surface area (Å²) in [6.45, 7) is 2.76. The van der Waals surface area contributed by atoms with Gasteiger partial charge in [-0.25, -0.2) is 0 Å². The van der Waals surface area contributed by atoms with Crippen molar-refractivity contribution in [1.29, 1.82) is 0 Å². The van der Waals surface area contributed by atoms with E-state index in [0.29, 0.717) is 0 Å². The van der Waals surface area contributed by atoms with E-state index in [1.165, 1.54) is 5.56 Å². The Morgan fingerprint density at radius 2 is 2.09 bits per heavy atom. The number of halogens is 2. The van der Waals surface area contributed by atoms with E-state index in [1.807, 2.05) is 13.0 Å². The Morgan fingerprint density at radius 3 is 2.70 bits per heavy atom. The molecule has 2 atom stereocenters. The third-order valence-corrected chi connectivity index (χ3v) is 5.96. The van der Waals surface area contributed by atoms with Crippen LogP contribution in [-0.2, 0) is 10.2 Å². The van der Waals surface area contributed by atoms with Crippen molar-refractivity contribution in [2.75, 3.05) is 6.54 Å². The van der Waals surface area contributed by atoms with Crippen molar-refractivity contribution in [3.8, 4) is 0 Å². The molecule has 0 heterocycles. The molecule has 5 heteroatoms. The lowest BCUT2D eigenvalue weighted by Crippen LogP contribution is -2.53. The zero-order chi connectivity index (χ0) is 15.8. The first-order valence-corrected chi connectivity index (χ1v) is 9.05. The Balaban J connectivity index is 0.00000192. The van der Waals surface area contributed by atoms with Crippen molar-refractivity contribution in [2.24, 2.45) is 11.7 Å². The third-order valence-electron chi connectivity index (χ3n) is 5.46. The van der Waals surface area contributed by atoms with Crippen LogP contribution in [-0.4, -0.2) is 18.0 Å². The fraction of sp³-hybridized carbons (Fsp3) is 0.611. The predicted molar refractivity (Wildman–Crippen MR) is 99.9 cm³/mol. The molecule has 0 aliphatic heterocycles. The van der Waals surface area contributed by atoms with E-state index in [0.717, 1.165) is 49.5 Å². The molecule has 0 radical (unpaired) electrons. The maximum absolute atomic E-state index is 12.6. The van der Waals surface area contributed by atoms with Crippen molar-refractivity contribution in [1.82, 2.24) is 5.32 Å². The van der Waals surface area contributed by atoms with Gasteiger partial charge in [-0.3, -0.25) is 4.79 Å². The Hall–Kier alpha value is -0.580. The second-order valence-corrected chi connectivity index (χ2v) is 8.23. The van der Waals surface area contributed by atoms with Gasteiger partial charge in [0.2, 0.25) is 5.91 Å². The Morgan fingerprint density at radius 1 is 1.35 bits per heavy atom. The van der Waals surface area contributed by atoms with E-state index >= 15 is 0 Å². The van der Waals surface area contributed by atoms with Crippen LogP contribution in [0.1, 0.15) is 51.0 Å². The van der Waals surface area contributed by atoms with E-state index < -0.39 is 0 Å². The molecule has 0 spiro atoms. The lowest BCUT2D eigenvalue weighted by Gasteiger charge is -2.37. The second-order valence-electron chi connectivity index (χ2n) is 7.31. The molecule has 2 unspecified atom stereocenters. The van der Waals surface area contributed by atoms with Crippen LogP contribution in [0.25, 0.3) is 0 Å². The standard InChI is InChI=1S/C18H25BrN2O.ClH/c1-17(20)8-3-2-7-15(17)16(22)21-12-18(9-10-18)13-5-4-6-14(19)11-13;/h4-6,11,15H,2-3,7-10,12,20H2,1H3,(H,21,22);1H. The Kier molecular flexibility index (Phi) is 5.81. The van der Waals surface area contributed by atoms with Crippen molar-refractivity contribution < 1.29 is 4.79 Å². The number of amides is 1. The fourth-order valence-corrected chi connectivity index (χ4v) is 4.10. The van der Waals surface area contributed by atoms with Gasteiger partial charge < -0.3 is 11.1 Å². The molecule has 0 bridgehead atoms. The molecule has 2 fully saturated rings. The first-order valence-electron chi connectivity index (χ1n) is 8.26. The fourth-order valence-electron chi connectivity index (χ4n) is 3.71. The van der Waals surface area contributed by atoms with Crippen LogP contribution in [0, 0.1) is 5.92 Å². The number of benzene rings is 1. The van der Waals surface area contributed by atoms with Gasteiger partial charge in [-0.15, -0.1) is 12.4 Å². The quantitative estimate of drug-likeness (QED) is 0.803. The highest BCUT2D eigenvalue weighted by molar-refractivity contribution is 9.10. The molecule has 2 aliphatic rings. The topological polar surface area (TPSA) is 55.1 Å². The number of nitrogens with two attached hydrogens (primary N) is 1. The molecule has 1 aromatic rings. The molecular formula is C18H26BrClN2O. The van der Waals surface area contributed by atoms with Crippen LogP contribution in [0.2, 0.25) is 0 Å². The lowest BCUT2D eigenvalue weighted by molar-refractivity contribution is -0.128. The summed E-state index contributed by atoms with van der Waals surface area (Å²) in [6.07, 6.45) is 6.41. The molecule has 23 heavy (non-hydrogen) atoms. The summed E-state index contributed by atoms with van der Waals surface area (Å²) in [4.78, 5) is 12.6. The van der Waals surface area contributed by atoms with Crippen molar-refractivity contribution in [2.45, 2.75) is 56.4 Å². The molecule has 2 aliphatic carbocycles. The van der Waals surface area contributed by atoms with Crippen LogP contribution < -0.4 is 11.1 Å². The van der Waals surface area contributed by atoms with Gasteiger partial charge in [-0.2, -0.15) is 0 Å². The number of hydrogen-bond donors (Lipinski definition) is 2. The van der Waals surface area contributed by atoms with Crippen LogP contribution in [0.5, 0.6) is 0 Å². The minimum Gasteiger partial charge on any atom is -0.355 e. The highest BCUT2D eigenvalue weighted by atomic mass is 79.9. The lowest BCUT2D eigenvalue weighted by atomic mass is 9.74. The smallest absolute Gasteiger partial charge is 0.224 e. The summed E-state index contributed by atoms with van der Waals surface area (Å²) in [5, 5.41) is 3.19. The van der Waals surface area contributed by atoms with Gasteiger partial charge in [0.05, 0.1) is 5.92 Å². The van der Waals surface area contributed by atoms with E-state index in [1.54, 1.807) is 0 Å². The Labute approximate surface area is 153 Å². The maximum Gasteiger partial charge on any atom is 0.224 e. The highest BCUT2D eigenvalue weighted by Crippen LogP contribution is 2.48. The van der Waals surface area contributed by atoms with E-state index in [2.05, 4.69) is 39.4 Å². The van der Waals surface area contributed by atoms with Crippen LogP contribution in [0.3, 0.4) is 0 Å². The first-order chi connectivity index (χ1) is 10.4. The summed E-state index contributed by atoms with van der Waals surface area (Å²) in [5.41, 5.74) is 7.45. The molecule has 3 nitrogen and oxygen atoms in total. The molecule has 3 N–H and O–H groups in total. The summed E-state index contributed by atoms with van der Waals surface area (Å²) in [7, 11) is 0. The number of hydrogen-bond acceptors (Lipinski definition) is 2. The number of nitrogens with one attached hydrogen (secondary N) is 1. The average molecular weight is 402 g/mol. The summed E-state index contributed by atoms with van der Waals surface area (Å²) < 4.78 is 1.10. The minimum atomic E-state index is -0.352. The molecular weight excluding hydrogens is 376 g/mol. The number of rotatable bonds is 4. The second kappa shape index (κ2) is 7.12. The van der Waals surface area contributed by atoms with Gasteiger partial charge in [-0.05, 0) is 50.3 Å². The van der Waals surface area contributed by atoms with Crippen molar-refractivity contribution in [3.63, 3.8) is 0 Å². The van der Waals surface area contributed by atoms with Gasteiger partial charge in [0.1, 0.15) is 0 Å². The summed E-state index contributed by atoms with van der Waals surface area (Å²) in [6, 6.07) is 8.45. The van der Waals surface area contributed by atoms with Crippen LogP contribution in [0.4, 0.5) is 0 Å². The highest BCUT2D eigenvalue weighted by Gasteiger charge is 2.45. The van der Waals surface area contributed by atoms with E-state index in [4.69, 9.17) is 5.73 Å². The zero-order valence-electron chi connectivity index (χ0n) is 13.6. The van der Waals surface area contributed by atoms with Gasteiger partial charge >= 0.3 is 0 Å². The van der Waals surface area contributed by atoms with E-state index in [9.17, 15) is 4.79 Å². The van der Waals surface area contributed by atoms with Gasteiger partial charge in [0, 0.05) is 22.0 Å². The molecule has 1 amide bonds. The molecule has 0 saturated heterocycles. The molecule has 1 aromatic carbocycles. The predicted octanol–water partition coefficient (Wildman–Crippen LogP) is 3.93. The summed E-state index contributed by atoms with van der Waals surface area (Å²) in [5.74, 6) is 0.102. The summed E-state index contributed by atoms with van der Waals surface area (Å²) >= 11 is 3.54. The SMILES string of the molecule is CC1(N)CCCCC1C(=O)NCC1(c2cccc(Br)c2)CC1.Cl. The number of carbonyl (C=O) groups is 1. The first kappa shape index (κ1) is 18.8. The van der Waals surface area contributed by atoms with Crippen molar-refractivity contribution >= 4 is 34.2 Å². The van der Waals surface area contributed by atoms with E-state index in [-0.39, 0.29) is 35.2 Å². The average Bonchev–Trinajstić information content (AvgIpc) is 3.25. The molecule has 128 valence electrons. The molecule has 3 rings (SSSR count). The van der Waals surface area contributed by atoms with Gasteiger partial charge in [0.25, 0.3) is 0 Å². The normalized spacial score (nSPS) is 28.6. The monoisotopic (exact) mass is 400 g/mol. The minimum absolute atomic E-state index is 0. The zero-order valence-corrected chi connectivity index (χ0v) is 16.0. The Bertz CT molecular complexity index is 572. The van der Waals surface area contributed by atoms with Gasteiger partial charge in [-0.1, -0.05) is 40.9 Å². The van der Waals surface area contributed by atoms with Crippen LogP contribution in [0.15, 0.2) is 28.7 Å². The number of carbonyl (C=O) groups excluding carboxylic acids is 1. The maximum atomic E-state index is 12.6. The van der Waals surface area contributed by atoms with Gasteiger partial charge in [0.15, 0.2) is 0 Å². The molecule has 0 aromatic heterocycles.